The number of amides is 1. The Morgan fingerprint density at radius 2 is 1.84 bits per heavy atom. The number of ether oxygens (including phenoxy) is 3. The molecule has 3 rings (SSSR count). The Balaban J connectivity index is 1.90. The molecule has 1 N–H and O–H groups in total. The lowest BCUT2D eigenvalue weighted by Crippen LogP contribution is -2.48. The van der Waals surface area contributed by atoms with Crippen molar-refractivity contribution in [1.29, 1.82) is 0 Å². The molecule has 1 amide bonds. The van der Waals surface area contributed by atoms with Crippen LogP contribution in [0.3, 0.4) is 0 Å². The summed E-state index contributed by atoms with van der Waals surface area (Å²) in [7, 11) is -0.833. The van der Waals surface area contributed by atoms with Gasteiger partial charge in [0.1, 0.15) is 11.5 Å². The van der Waals surface area contributed by atoms with Crippen LogP contribution in [0.5, 0.6) is 11.5 Å². The lowest BCUT2D eigenvalue weighted by atomic mass is 10.0. The van der Waals surface area contributed by atoms with Gasteiger partial charge in [0.05, 0.1) is 38.7 Å². The third kappa shape index (κ3) is 5.53. The van der Waals surface area contributed by atoms with E-state index in [1.807, 2.05) is 0 Å². The first-order valence-corrected chi connectivity index (χ1v) is 11.4. The fraction of sp³-hybridized carbons (Fsp3) is 0.333. The van der Waals surface area contributed by atoms with Crippen molar-refractivity contribution >= 4 is 27.6 Å². The molecule has 2 atom stereocenters. The first kappa shape index (κ1) is 22.6. The zero-order valence-electron chi connectivity index (χ0n) is 17.4. The van der Waals surface area contributed by atoms with Gasteiger partial charge in [-0.25, -0.2) is 17.9 Å². The molecular weight excluding hydrogens is 424 g/mol. The van der Waals surface area contributed by atoms with Gasteiger partial charge >= 0.3 is 5.97 Å². The molecular formula is C21H24N2O7S. The largest absolute Gasteiger partial charge is 0.497 e. The average Bonchev–Trinajstić information content (AvgIpc) is 2.76. The normalized spacial score (nSPS) is 16.6. The van der Waals surface area contributed by atoms with Crippen LogP contribution in [-0.4, -0.2) is 53.4 Å². The van der Waals surface area contributed by atoms with E-state index < -0.39 is 28.1 Å². The molecule has 2 aromatic rings. The molecule has 1 heterocycles. The first-order chi connectivity index (χ1) is 14.7. The zero-order chi connectivity index (χ0) is 22.6. The molecule has 166 valence electrons. The van der Waals surface area contributed by atoms with Gasteiger partial charge in [0.2, 0.25) is 22.0 Å². The lowest BCUT2D eigenvalue weighted by molar-refractivity contribution is -0.148. The van der Waals surface area contributed by atoms with Gasteiger partial charge in [0, 0.05) is 6.42 Å². The molecule has 0 aliphatic carbocycles. The van der Waals surface area contributed by atoms with Gasteiger partial charge in [-0.2, -0.15) is 0 Å². The quantitative estimate of drug-likeness (QED) is 0.641. The van der Waals surface area contributed by atoms with Crippen LogP contribution in [0.2, 0.25) is 0 Å². The topological polar surface area (TPSA) is 111 Å². The molecule has 0 aromatic heterocycles. The SMILES string of the molecule is COC(=O)[C@H]1CN(C(=O)C[C@@H](NS(C)(=O)=O)c2ccc(OC)cc2)c2ccccc2O1. The Morgan fingerprint density at radius 1 is 1.16 bits per heavy atom. The van der Waals surface area contributed by atoms with Crippen LogP contribution >= 0.6 is 0 Å². The van der Waals surface area contributed by atoms with E-state index in [1.165, 1.54) is 19.1 Å². The van der Waals surface area contributed by atoms with E-state index in [4.69, 9.17) is 14.2 Å². The Labute approximate surface area is 181 Å². The second kappa shape index (κ2) is 9.36. The number of hydrogen-bond donors (Lipinski definition) is 1. The third-order valence-electron chi connectivity index (χ3n) is 4.79. The second-order valence-corrected chi connectivity index (χ2v) is 8.80. The summed E-state index contributed by atoms with van der Waals surface area (Å²) in [6, 6.07) is 12.8. The third-order valence-corrected chi connectivity index (χ3v) is 5.50. The smallest absolute Gasteiger partial charge is 0.348 e. The summed E-state index contributed by atoms with van der Waals surface area (Å²) in [5, 5.41) is 0. The van der Waals surface area contributed by atoms with Crippen molar-refractivity contribution in [2.24, 2.45) is 0 Å². The van der Waals surface area contributed by atoms with E-state index in [0.29, 0.717) is 22.7 Å². The molecule has 9 nitrogen and oxygen atoms in total. The van der Waals surface area contributed by atoms with Gasteiger partial charge in [0.25, 0.3) is 0 Å². The fourth-order valence-corrected chi connectivity index (χ4v) is 4.07. The lowest BCUT2D eigenvalue weighted by Gasteiger charge is -2.34. The first-order valence-electron chi connectivity index (χ1n) is 9.47. The van der Waals surface area contributed by atoms with Crippen molar-refractivity contribution in [2.75, 3.05) is 31.9 Å². The highest BCUT2D eigenvalue weighted by atomic mass is 32.2. The highest BCUT2D eigenvalue weighted by molar-refractivity contribution is 7.88. The van der Waals surface area contributed by atoms with Crippen molar-refractivity contribution < 1.29 is 32.2 Å². The van der Waals surface area contributed by atoms with Crippen LogP contribution in [0, 0.1) is 0 Å². The number of esters is 1. The number of para-hydroxylation sites is 2. The molecule has 0 radical (unpaired) electrons. The van der Waals surface area contributed by atoms with Crippen LogP contribution in [0.1, 0.15) is 18.0 Å². The van der Waals surface area contributed by atoms with Gasteiger partial charge in [-0.05, 0) is 29.8 Å². The number of methoxy groups -OCH3 is 2. The minimum absolute atomic E-state index is 0.0449. The van der Waals surface area contributed by atoms with Crippen molar-refractivity contribution in [3.63, 3.8) is 0 Å². The monoisotopic (exact) mass is 448 g/mol. The summed E-state index contributed by atoms with van der Waals surface area (Å²) in [6.45, 7) is -0.0449. The molecule has 0 saturated heterocycles. The van der Waals surface area contributed by atoms with Crippen LogP contribution in [0.4, 0.5) is 5.69 Å². The highest BCUT2D eigenvalue weighted by Crippen LogP contribution is 2.34. The molecule has 1 aliphatic rings. The van der Waals surface area contributed by atoms with Gasteiger partial charge in [0.15, 0.2) is 0 Å². The van der Waals surface area contributed by atoms with E-state index in [2.05, 4.69) is 4.72 Å². The van der Waals surface area contributed by atoms with Gasteiger partial charge in [-0.3, -0.25) is 4.79 Å². The molecule has 31 heavy (non-hydrogen) atoms. The average molecular weight is 448 g/mol. The minimum Gasteiger partial charge on any atom is -0.497 e. The van der Waals surface area contributed by atoms with Crippen molar-refractivity contribution in [1.82, 2.24) is 4.72 Å². The number of nitrogens with zero attached hydrogens (tertiary/aromatic N) is 1. The Morgan fingerprint density at radius 3 is 2.45 bits per heavy atom. The number of carbonyl (C=O) groups excluding carboxylic acids is 2. The summed E-state index contributed by atoms with van der Waals surface area (Å²) in [5.74, 6) is 0.000618. The number of hydrogen-bond acceptors (Lipinski definition) is 7. The van der Waals surface area contributed by atoms with Crippen LogP contribution < -0.4 is 19.1 Å². The number of anilines is 1. The summed E-state index contributed by atoms with van der Waals surface area (Å²) in [6.07, 6.45) is -0.112. The van der Waals surface area contributed by atoms with E-state index >= 15 is 0 Å². The highest BCUT2D eigenvalue weighted by Gasteiger charge is 2.35. The number of nitrogens with one attached hydrogen (secondary N) is 1. The van der Waals surface area contributed by atoms with Crippen molar-refractivity contribution in [3.05, 3.63) is 54.1 Å². The maximum atomic E-state index is 13.3. The summed E-state index contributed by atoms with van der Waals surface area (Å²) in [5.41, 5.74) is 1.10. The molecule has 2 aromatic carbocycles. The molecule has 0 fully saturated rings. The summed E-state index contributed by atoms with van der Waals surface area (Å²) < 4.78 is 41.9. The fourth-order valence-electron chi connectivity index (χ4n) is 3.33. The molecule has 0 unspecified atom stereocenters. The second-order valence-electron chi connectivity index (χ2n) is 7.02. The van der Waals surface area contributed by atoms with Crippen molar-refractivity contribution in [3.8, 4) is 11.5 Å². The van der Waals surface area contributed by atoms with Gasteiger partial charge in [-0.1, -0.05) is 24.3 Å². The number of benzene rings is 2. The Kier molecular flexibility index (Phi) is 6.81. The predicted molar refractivity (Wildman–Crippen MR) is 114 cm³/mol. The van der Waals surface area contributed by atoms with E-state index in [0.717, 1.165) is 6.26 Å². The van der Waals surface area contributed by atoms with E-state index in [-0.39, 0.29) is 18.9 Å². The Hall–Kier alpha value is -3.11. The number of fused-ring (bicyclic) bond motifs is 1. The zero-order valence-corrected chi connectivity index (χ0v) is 18.2. The maximum Gasteiger partial charge on any atom is 0.348 e. The number of rotatable bonds is 7. The van der Waals surface area contributed by atoms with Crippen molar-refractivity contribution in [2.45, 2.75) is 18.6 Å². The molecule has 0 spiro atoms. The molecule has 0 bridgehead atoms. The van der Waals surface area contributed by atoms with Gasteiger partial charge < -0.3 is 19.1 Å². The minimum atomic E-state index is -3.60. The van der Waals surface area contributed by atoms with Crippen LogP contribution in [0.25, 0.3) is 0 Å². The number of sulfonamides is 1. The number of carbonyl (C=O) groups is 2. The van der Waals surface area contributed by atoms with Crippen LogP contribution in [0.15, 0.2) is 48.5 Å². The van der Waals surface area contributed by atoms with E-state index in [1.54, 1.807) is 48.5 Å². The summed E-state index contributed by atoms with van der Waals surface area (Å²) >= 11 is 0. The van der Waals surface area contributed by atoms with E-state index in [9.17, 15) is 18.0 Å². The van der Waals surface area contributed by atoms with Crippen LogP contribution in [-0.2, 0) is 24.3 Å². The molecule has 0 saturated carbocycles. The molecule has 10 heteroatoms. The maximum absolute atomic E-state index is 13.3. The molecule has 1 aliphatic heterocycles. The predicted octanol–water partition coefficient (Wildman–Crippen LogP) is 1.64. The standard InChI is InChI=1S/C21H24N2O7S/c1-28-15-10-8-14(9-11-15)16(22-31(3,26)27)12-20(24)23-13-19(21(25)29-2)30-18-7-5-4-6-17(18)23/h4-11,16,19,22H,12-13H2,1-3H3/t16-,19-/m1/s1. The van der Waals surface area contributed by atoms with Gasteiger partial charge in [-0.15, -0.1) is 0 Å². The summed E-state index contributed by atoms with van der Waals surface area (Å²) in [4.78, 5) is 26.7. The Bertz CT molecular complexity index is 1050.